The molecule has 1 aromatic carbocycles. The van der Waals surface area contributed by atoms with E-state index in [9.17, 15) is 0 Å². The second kappa shape index (κ2) is 7.29. The molecule has 0 aromatic heterocycles. The van der Waals surface area contributed by atoms with Gasteiger partial charge in [0.15, 0.2) is 0 Å². The zero-order valence-corrected chi connectivity index (χ0v) is 10.7. The van der Waals surface area contributed by atoms with Crippen LogP contribution in [0.25, 0.3) is 0 Å². The normalized spacial score (nSPS) is 14.4. The monoisotopic (exact) mass is 220 g/mol. The van der Waals surface area contributed by atoms with Gasteiger partial charge in [0.05, 0.1) is 6.17 Å². The van der Waals surface area contributed by atoms with Crippen molar-refractivity contribution in [2.45, 2.75) is 39.8 Å². The van der Waals surface area contributed by atoms with E-state index in [2.05, 4.69) is 43.5 Å². The maximum absolute atomic E-state index is 3.49. The van der Waals surface area contributed by atoms with Gasteiger partial charge in [-0.3, -0.25) is 5.32 Å². The molecule has 0 heterocycles. The number of rotatable bonds is 7. The van der Waals surface area contributed by atoms with E-state index in [1.807, 2.05) is 18.2 Å². The summed E-state index contributed by atoms with van der Waals surface area (Å²) in [7, 11) is 0. The third-order valence-corrected chi connectivity index (χ3v) is 2.94. The second-order valence-electron chi connectivity index (χ2n) is 4.49. The Morgan fingerprint density at radius 2 is 1.81 bits per heavy atom. The Balaban J connectivity index is 2.19. The van der Waals surface area contributed by atoms with Crippen LogP contribution in [0.1, 0.15) is 33.6 Å². The van der Waals surface area contributed by atoms with Crippen LogP contribution in [0.2, 0.25) is 0 Å². The second-order valence-corrected chi connectivity index (χ2v) is 4.49. The summed E-state index contributed by atoms with van der Waals surface area (Å²) in [6.07, 6.45) is 2.84. The fraction of sp³-hybridized carbons (Fsp3) is 0.571. The van der Waals surface area contributed by atoms with Gasteiger partial charge in [0, 0.05) is 5.69 Å². The van der Waals surface area contributed by atoms with E-state index in [-0.39, 0.29) is 0 Å². The number of benzene rings is 1. The average molecular weight is 220 g/mol. The van der Waals surface area contributed by atoms with Crippen molar-refractivity contribution >= 4 is 5.69 Å². The van der Waals surface area contributed by atoms with Gasteiger partial charge in [0.25, 0.3) is 0 Å². The highest BCUT2D eigenvalue weighted by atomic mass is 15.1. The highest BCUT2D eigenvalue weighted by molar-refractivity contribution is 5.42. The van der Waals surface area contributed by atoms with Crippen LogP contribution in [0.15, 0.2) is 30.3 Å². The molecule has 0 amide bonds. The van der Waals surface area contributed by atoms with Crippen molar-refractivity contribution in [3.05, 3.63) is 30.3 Å². The summed E-state index contributed by atoms with van der Waals surface area (Å²) in [5.74, 6) is 0.816. The van der Waals surface area contributed by atoms with Crippen molar-refractivity contribution in [2.24, 2.45) is 5.92 Å². The van der Waals surface area contributed by atoms with Crippen molar-refractivity contribution in [2.75, 3.05) is 11.9 Å². The van der Waals surface area contributed by atoms with E-state index in [1.54, 1.807) is 0 Å². The Morgan fingerprint density at radius 1 is 1.12 bits per heavy atom. The molecule has 90 valence electrons. The van der Waals surface area contributed by atoms with E-state index in [1.165, 1.54) is 18.5 Å². The van der Waals surface area contributed by atoms with E-state index >= 15 is 0 Å². The Kier molecular flexibility index (Phi) is 5.94. The number of anilines is 1. The lowest BCUT2D eigenvalue weighted by Crippen LogP contribution is -2.34. The van der Waals surface area contributed by atoms with Crippen LogP contribution < -0.4 is 10.6 Å². The van der Waals surface area contributed by atoms with Crippen LogP contribution in [0.5, 0.6) is 0 Å². The number of nitrogens with one attached hydrogen (secondary N) is 2. The van der Waals surface area contributed by atoms with Crippen molar-refractivity contribution in [3.8, 4) is 0 Å². The van der Waals surface area contributed by atoms with E-state index in [0.29, 0.717) is 6.17 Å². The Labute approximate surface area is 99.5 Å². The molecule has 0 bridgehead atoms. The third-order valence-electron chi connectivity index (χ3n) is 2.94. The minimum atomic E-state index is 0.325. The van der Waals surface area contributed by atoms with Crippen LogP contribution in [0.4, 0.5) is 5.69 Å². The van der Waals surface area contributed by atoms with Crippen LogP contribution in [0.3, 0.4) is 0 Å². The number of hydrogen-bond donors (Lipinski definition) is 2. The zero-order valence-electron chi connectivity index (χ0n) is 10.7. The maximum atomic E-state index is 3.49. The molecule has 2 unspecified atom stereocenters. The lowest BCUT2D eigenvalue weighted by Gasteiger charge is -2.18. The van der Waals surface area contributed by atoms with Crippen LogP contribution >= 0.6 is 0 Å². The largest absolute Gasteiger partial charge is 0.370 e. The van der Waals surface area contributed by atoms with Crippen molar-refractivity contribution in [1.82, 2.24) is 5.32 Å². The molecule has 0 aliphatic carbocycles. The number of hydrogen-bond acceptors (Lipinski definition) is 2. The molecule has 0 aliphatic heterocycles. The molecular weight excluding hydrogens is 196 g/mol. The van der Waals surface area contributed by atoms with Gasteiger partial charge >= 0.3 is 0 Å². The average Bonchev–Trinajstić information content (AvgIpc) is 2.30. The first-order chi connectivity index (χ1) is 7.72. The predicted molar refractivity (Wildman–Crippen MR) is 71.6 cm³/mol. The molecule has 0 saturated carbocycles. The molecular formula is C14H24N2. The summed E-state index contributed by atoms with van der Waals surface area (Å²) in [5.41, 5.74) is 1.17. The molecule has 0 aliphatic rings. The van der Waals surface area contributed by atoms with Gasteiger partial charge in [-0.2, -0.15) is 0 Å². The first-order valence-electron chi connectivity index (χ1n) is 6.27. The zero-order chi connectivity index (χ0) is 11.8. The molecule has 1 rings (SSSR count). The molecule has 2 N–H and O–H groups in total. The first kappa shape index (κ1) is 13.0. The molecule has 2 atom stereocenters. The van der Waals surface area contributed by atoms with E-state index in [0.717, 1.165) is 12.5 Å². The Morgan fingerprint density at radius 3 is 2.44 bits per heavy atom. The van der Waals surface area contributed by atoms with Gasteiger partial charge < -0.3 is 5.32 Å². The Hall–Kier alpha value is -1.02. The standard InChI is InChI=1S/C14H24N2/c1-4-12(2)10-11-15-13(3)16-14-8-6-5-7-9-14/h5-9,12-13,15-16H,4,10-11H2,1-3H3. The summed E-state index contributed by atoms with van der Waals surface area (Å²) in [5, 5.41) is 6.91. The van der Waals surface area contributed by atoms with Gasteiger partial charge in [0.1, 0.15) is 0 Å². The molecule has 0 saturated heterocycles. The topological polar surface area (TPSA) is 24.1 Å². The first-order valence-corrected chi connectivity index (χ1v) is 6.27. The summed E-state index contributed by atoms with van der Waals surface area (Å²) in [6.45, 7) is 7.78. The minimum absolute atomic E-state index is 0.325. The lowest BCUT2D eigenvalue weighted by molar-refractivity contribution is 0.471. The number of para-hydroxylation sites is 1. The van der Waals surface area contributed by atoms with Crippen LogP contribution in [-0.2, 0) is 0 Å². The highest BCUT2D eigenvalue weighted by Crippen LogP contribution is 2.07. The molecule has 0 spiro atoms. The maximum Gasteiger partial charge on any atom is 0.0739 e. The SMILES string of the molecule is CCC(C)CCNC(C)Nc1ccccc1. The Bertz CT molecular complexity index is 271. The molecule has 2 heteroatoms. The quantitative estimate of drug-likeness (QED) is 0.688. The molecule has 2 nitrogen and oxygen atoms in total. The summed E-state index contributed by atoms with van der Waals surface area (Å²) in [4.78, 5) is 0. The fourth-order valence-corrected chi connectivity index (χ4v) is 1.59. The van der Waals surface area contributed by atoms with Crippen molar-refractivity contribution in [3.63, 3.8) is 0 Å². The molecule has 0 radical (unpaired) electrons. The van der Waals surface area contributed by atoms with Gasteiger partial charge in [-0.25, -0.2) is 0 Å². The van der Waals surface area contributed by atoms with Crippen molar-refractivity contribution < 1.29 is 0 Å². The summed E-state index contributed by atoms with van der Waals surface area (Å²) >= 11 is 0. The van der Waals surface area contributed by atoms with Crippen LogP contribution in [-0.4, -0.2) is 12.7 Å². The molecule has 1 aromatic rings. The van der Waals surface area contributed by atoms with Gasteiger partial charge in [-0.1, -0.05) is 38.5 Å². The van der Waals surface area contributed by atoms with Crippen molar-refractivity contribution in [1.29, 1.82) is 0 Å². The minimum Gasteiger partial charge on any atom is -0.370 e. The lowest BCUT2D eigenvalue weighted by atomic mass is 10.1. The van der Waals surface area contributed by atoms with E-state index in [4.69, 9.17) is 0 Å². The van der Waals surface area contributed by atoms with Gasteiger partial charge in [0.2, 0.25) is 0 Å². The van der Waals surface area contributed by atoms with Crippen LogP contribution in [0, 0.1) is 5.92 Å². The summed E-state index contributed by atoms with van der Waals surface area (Å²) < 4.78 is 0. The highest BCUT2D eigenvalue weighted by Gasteiger charge is 2.02. The molecule has 16 heavy (non-hydrogen) atoms. The smallest absolute Gasteiger partial charge is 0.0739 e. The van der Waals surface area contributed by atoms with E-state index < -0.39 is 0 Å². The predicted octanol–water partition coefficient (Wildman–Crippen LogP) is 3.47. The summed E-state index contributed by atoms with van der Waals surface area (Å²) in [6, 6.07) is 10.3. The fourth-order valence-electron chi connectivity index (χ4n) is 1.59. The van der Waals surface area contributed by atoms with Gasteiger partial charge in [-0.05, 0) is 37.9 Å². The molecule has 0 fully saturated rings. The van der Waals surface area contributed by atoms with Gasteiger partial charge in [-0.15, -0.1) is 0 Å². The third kappa shape index (κ3) is 5.17.